The second-order valence-corrected chi connectivity index (χ2v) is 7.13. The maximum Gasteiger partial charge on any atom is 0.146 e. The Morgan fingerprint density at radius 3 is 2.55 bits per heavy atom. The predicted molar refractivity (Wildman–Crippen MR) is 87.7 cm³/mol. The van der Waals surface area contributed by atoms with E-state index in [0.29, 0.717) is 6.04 Å². The van der Waals surface area contributed by atoms with Gasteiger partial charge in [-0.05, 0) is 52.4 Å². The first-order valence-electron chi connectivity index (χ1n) is 8.60. The zero-order valence-corrected chi connectivity index (χ0v) is 14.3. The molecule has 6 nitrogen and oxygen atoms in total. The third-order valence-electron chi connectivity index (χ3n) is 5.33. The van der Waals surface area contributed by atoms with E-state index in [1.54, 1.807) is 0 Å². The molecule has 3 rings (SSSR count). The molecular formula is C16H30N6. The zero-order valence-electron chi connectivity index (χ0n) is 14.3. The highest BCUT2D eigenvalue weighted by Gasteiger charge is 2.25. The van der Waals surface area contributed by atoms with Gasteiger partial charge in [-0.15, -0.1) is 10.2 Å². The first-order valence-corrected chi connectivity index (χ1v) is 8.60. The van der Waals surface area contributed by atoms with Gasteiger partial charge in [0.25, 0.3) is 0 Å². The van der Waals surface area contributed by atoms with Crippen LogP contribution in [0.25, 0.3) is 0 Å². The van der Waals surface area contributed by atoms with Gasteiger partial charge < -0.3 is 14.8 Å². The molecule has 124 valence electrons. The lowest BCUT2D eigenvalue weighted by Crippen LogP contribution is -2.31. The fraction of sp³-hybridized carbons (Fsp3) is 0.875. The van der Waals surface area contributed by atoms with Crippen LogP contribution in [0.15, 0.2) is 0 Å². The summed E-state index contributed by atoms with van der Waals surface area (Å²) in [4.78, 5) is 4.84. The van der Waals surface area contributed by atoms with Crippen molar-refractivity contribution in [3.05, 3.63) is 11.6 Å². The Bertz CT molecular complexity index is 477. The van der Waals surface area contributed by atoms with Crippen LogP contribution in [0.1, 0.15) is 30.9 Å². The van der Waals surface area contributed by atoms with E-state index < -0.39 is 0 Å². The van der Waals surface area contributed by atoms with Crippen molar-refractivity contribution in [2.75, 3.05) is 40.3 Å². The molecule has 3 heterocycles. The van der Waals surface area contributed by atoms with Gasteiger partial charge in [0.05, 0.1) is 6.54 Å². The van der Waals surface area contributed by atoms with E-state index in [1.165, 1.54) is 25.8 Å². The largest absolute Gasteiger partial charge is 0.317 e. The Morgan fingerprint density at radius 1 is 1.14 bits per heavy atom. The van der Waals surface area contributed by atoms with E-state index in [4.69, 9.17) is 0 Å². The van der Waals surface area contributed by atoms with E-state index in [0.717, 1.165) is 50.2 Å². The van der Waals surface area contributed by atoms with Crippen LogP contribution >= 0.6 is 0 Å². The standard InChI is InChI=1S/C16H30N6/c1-20(2)14-6-9-22(11-14)12-16-19-18-15(21(16)3)10-13-4-7-17-8-5-13/h13-14,17H,4-12H2,1-3H3. The fourth-order valence-corrected chi connectivity index (χ4v) is 3.64. The van der Waals surface area contributed by atoms with Crippen LogP contribution in [0.5, 0.6) is 0 Å². The van der Waals surface area contributed by atoms with Crippen LogP contribution in [-0.2, 0) is 20.0 Å². The molecule has 1 atom stereocenters. The van der Waals surface area contributed by atoms with Crippen molar-refractivity contribution in [2.24, 2.45) is 13.0 Å². The predicted octanol–water partition coefficient (Wildman–Crippen LogP) is 0.493. The summed E-state index contributed by atoms with van der Waals surface area (Å²) >= 11 is 0. The topological polar surface area (TPSA) is 49.2 Å². The number of hydrogen-bond donors (Lipinski definition) is 1. The third-order valence-corrected chi connectivity index (χ3v) is 5.33. The van der Waals surface area contributed by atoms with Gasteiger partial charge in [-0.2, -0.15) is 0 Å². The maximum atomic E-state index is 4.46. The molecular weight excluding hydrogens is 276 g/mol. The zero-order chi connectivity index (χ0) is 15.5. The highest BCUT2D eigenvalue weighted by Crippen LogP contribution is 2.19. The van der Waals surface area contributed by atoms with E-state index in [-0.39, 0.29) is 0 Å². The molecule has 22 heavy (non-hydrogen) atoms. The van der Waals surface area contributed by atoms with Gasteiger partial charge in [-0.1, -0.05) is 0 Å². The molecule has 0 amide bonds. The van der Waals surface area contributed by atoms with Crippen molar-refractivity contribution in [1.29, 1.82) is 0 Å². The van der Waals surface area contributed by atoms with Gasteiger partial charge in [0.15, 0.2) is 0 Å². The average molecular weight is 306 g/mol. The molecule has 1 aromatic rings. The number of piperidine rings is 1. The Balaban J connectivity index is 1.56. The van der Waals surface area contributed by atoms with E-state index in [1.807, 2.05) is 0 Å². The van der Waals surface area contributed by atoms with Crippen LogP contribution in [0, 0.1) is 5.92 Å². The molecule has 6 heteroatoms. The minimum absolute atomic E-state index is 0.683. The first kappa shape index (κ1) is 15.9. The smallest absolute Gasteiger partial charge is 0.146 e. The number of nitrogens with zero attached hydrogens (tertiary/aromatic N) is 5. The number of aromatic nitrogens is 3. The molecule has 2 saturated heterocycles. The van der Waals surface area contributed by atoms with Crippen molar-refractivity contribution in [2.45, 2.75) is 38.3 Å². The number of likely N-dealkylation sites (tertiary alicyclic amines) is 1. The second kappa shape index (κ2) is 7.06. The molecule has 0 aromatic carbocycles. The van der Waals surface area contributed by atoms with Crippen molar-refractivity contribution >= 4 is 0 Å². The van der Waals surface area contributed by atoms with Gasteiger partial charge in [0.1, 0.15) is 11.6 Å². The van der Waals surface area contributed by atoms with Crippen LogP contribution in [0.3, 0.4) is 0 Å². The summed E-state index contributed by atoms with van der Waals surface area (Å²) in [7, 11) is 6.48. The normalized spacial score (nSPS) is 24.5. The Morgan fingerprint density at radius 2 is 1.86 bits per heavy atom. The summed E-state index contributed by atoms with van der Waals surface area (Å²) in [5.74, 6) is 3.04. The molecule has 1 N–H and O–H groups in total. The van der Waals surface area contributed by atoms with Crippen molar-refractivity contribution < 1.29 is 0 Å². The Kier molecular flexibility index (Phi) is 5.10. The summed E-state index contributed by atoms with van der Waals surface area (Å²) in [5, 5.41) is 12.3. The summed E-state index contributed by atoms with van der Waals surface area (Å²) in [6.07, 6.45) is 4.86. The molecule has 0 saturated carbocycles. The molecule has 2 aliphatic heterocycles. The van der Waals surface area contributed by atoms with E-state index >= 15 is 0 Å². The SMILES string of the molecule is CN(C)C1CCN(Cc2nnc(CC3CCNCC3)n2C)C1. The maximum absolute atomic E-state index is 4.46. The van der Waals surface area contributed by atoms with Crippen molar-refractivity contribution in [1.82, 2.24) is 29.9 Å². The number of hydrogen-bond acceptors (Lipinski definition) is 5. The summed E-state index contributed by atoms with van der Waals surface area (Å²) in [6.45, 7) is 5.53. The average Bonchev–Trinajstić information content (AvgIpc) is 3.11. The molecule has 2 fully saturated rings. The van der Waals surface area contributed by atoms with Crippen molar-refractivity contribution in [3.63, 3.8) is 0 Å². The molecule has 0 bridgehead atoms. The summed E-state index contributed by atoms with van der Waals surface area (Å²) in [6, 6.07) is 0.683. The van der Waals surface area contributed by atoms with Crippen LogP contribution in [-0.4, -0.2) is 70.9 Å². The van der Waals surface area contributed by atoms with E-state index in [9.17, 15) is 0 Å². The molecule has 0 radical (unpaired) electrons. The monoisotopic (exact) mass is 306 g/mol. The van der Waals surface area contributed by atoms with Crippen LogP contribution in [0.4, 0.5) is 0 Å². The van der Waals surface area contributed by atoms with Gasteiger partial charge in [0, 0.05) is 32.6 Å². The van der Waals surface area contributed by atoms with Crippen LogP contribution < -0.4 is 5.32 Å². The minimum atomic E-state index is 0.683. The first-order chi connectivity index (χ1) is 10.6. The molecule has 2 aliphatic rings. The quantitative estimate of drug-likeness (QED) is 0.858. The summed E-state index contributed by atoms with van der Waals surface area (Å²) in [5.41, 5.74) is 0. The third kappa shape index (κ3) is 3.67. The van der Waals surface area contributed by atoms with E-state index in [2.05, 4.69) is 51.0 Å². The lowest BCUT2D eigenvalue weighted by Gasteiger charge is -2.22. The Hall–Kier alpha value is -0.980. The molecule has 1 aromatic heterocycles. The van der Waals surface area contributed by atoms with Gasteiger partial charge >= 0.3 is 0 Å². The molecule has 0 aliphatic carbocycles. The van der Waals surface area contributed by atoms with Gasteiger partial charge in [-0.3, -0.25) is 4.90 Å². The number of rotatable bonds is 5. The highest BCUT2D eigenvalue weighted by molar-refractivity contribution is 4.98. The molecule has 1 unspecified atom stereocenters. The second-order valence-electron chi connectivity index (χ2n) is 7.13. The van der Waals surface area contributed by atoms with Crippen LogP contribution in [0.2, 0.25) is 0 Å². The van der Waals surface area contributed by atoms with Gasteiger partial charge in [0.2, 0.25) is 0 Å². The Labute approximate surface area is 133 Å². The lowest BCUT2D eigenvalue weighted by molar-refractivity contribution is 0.259. The fourth-order valence-electron chi connectivity index (χ4n) is 3.64. The number of nitrogens with one attached hydrogen (secondary N) is 1. The minimum Gasteiger partial charge on any atom is -0.317 e. The molecule has 0 spiro atoms. The van der Waals surface area contributed by atoms with Gasteiger partial charge in [-0.25, -0.2) is 0 Å². The highest BCUT2D eigenvalue weighted by atomic mass is 15.3. The number of likely N-dealkylation sites (N-methyl/N-ethyl adjacent to an activating group) is 1. The van der Waals surface area contributed by atoms with Crippen molar-refractivity contribution in [3.8, 4) is 0 Å². The summed E-state index contributed by atoms with van der Waals surface area (Å²) < 4.78 is 2.23. The lowest BCUT2D eigenvalue weighted by atomic mass is 9.94.